The molecule has 1 aliphatic carbocycles. The first kappa shape index (κ1) is 15.8. The van der Waals surface area contributed by atoms with Gasteiger partial charge in [-0.05, 0) is 49.9 Å². The summed E-state index contributed by atoms with van der Waals surface area (Å²) in [5, 5.41) is 0. The number of hydrogen-bond donors (Lipinski definition) is 1. The van der Waals surface area contributed by atoms with Crippen LogP contribution in [0.1, 0.15) is 65.7 Å². The van der Waals surface area contributed by atoms with Crippen LogP contribution in [0.4, 0.5) is 0 Å². The highest BCUT2D eigenvalue weighted by atomic mass is 16.5. The van der Waals surface area contributed by atoms with Crippen molar-refractivity contribution in [2.24, 2.45) is 17.1 Å². The van der Waals surface area contributed by atoms with Gasteiger partial charge in [0.15, 0.2) is 0 Å². The summed E-state index contributed by atoms with van der Waals surface area (Å²) in [6.45, 7) is 10.3. The van der Waals surface area contributed by atoms with E-state index in [0.717, 1.165) is 25.6 Å². The summed E-state index contributed by atoms with van der Waals surface area (Å²) in [5.41, 5.74) is 7.02. The zero-order chi connectivity index (χ0) is 15.1. The lowest BCUT2D eigenvalue weighted by molar-refractivity contribution is -0.0808. The molecule has 122 valence electrons. The molecule has 3 fully saturated rings. The van der Waals surface area contributed by atoms with Crippen molar-refractivity contribution in [2.75, 3.05) is 19.6 Å². The minimum atomic E-state index is 0.255. The molecule has 3 aliphatic rings. The molecule has 4 atom stereocenters. The van der Waals surface area contributed by atoms with E-state index in [4.69, 9.17) is 10.5 Å². The zero-order valence-electron chi connectivity index (χ0n) is 14.2. The molecule has 1 saturated carbocycles. The van der Waals surface area contributed by atoms with Crippen LogP contribution in [-0.4, -0.2) is 42.3 Å². The molecule has 2 N–H and O–H groups in total. The quantitative estimate of drug-likeness (QED) is 0.795. The Hall–Kier alpha value is -0.120. The standard InChI is InChI=1S/C18H34N2O/c1-17(2,3)14-5-4-9-18(13-19,10-8-14)20-11-15-6-7-16(12-20)21-15/h14-16H,4-13,19H2,1-3H3. The second-order valence-corrected chi connectivity index (χ2v) is 8.78. The number of likely N-dealkylation sites (tertiary alicyclic amines) is 1. The number of hydrogen-bond acceptors (Lipinski definition) is 3. The Morgan fingerprint density at radius 3 is 2.29 bits per heavy atom. The van der Waals surface area contributed by atoms with E-state index in [0.29, 0.717) is 17.6 Å². The third-order valence-electron chi connectivity index (χ3n) is 6.47. The van der Waals surface area contributed by atoms with Crippen molar-refractivity contribution in [2.45, 2.75) is 83.5 Å². The van der Waals surface area contributed by atoms with Crippen molar-refractivity contribution in [3.63, 3.8) is 0 Å². The third kappa shape index (κ3) is 3.16. The molecule has 0 aromatic rings. The normalized spacial score (nSPS) is 42.0. The van der Waals surface area contributed by atoms with Crippen LogP contribution in [0.5, 0.6) is 0 Å². The number of fused-ring (bicyclic) bond motifs is 2. The topological polar surface area (TPSA) is 38.5 Å². The van der Waals surface area contributed by atoms with Gasteiger partial charge in [0.2, 0.25) is 0 Å². The summed E-state index contributed by atoms with van der Waals surface area (Å²) >= 11 is 0. The molecule has 3 rings (SSSR count). The van der Waals surface area contributed by atoms with Gasteiger partial charge in [-0.25, -0.2) is 0 Å². The van der Waals surface area contributed by atoms with Gasteiger partial charge in [0.05, 0.1) is 12.2 Å². The van der Waals surface area contributed by atoms with E-state index < -0.39 is 0 Å². The highest BCUT2D eigenvalue weighted by Crippen LogP contribution is 2.43. The highest BCUT2D eigenvalue weighted by molar-refractivity contribution is 5.00. The fraction of sp³-hybridized carbons (Fsp3) is 1.00. The predicted molar refractivity (Wildman–Crippen MR) is 87.3 cm³/mol. The monoisotopic (exact) mass is 294 g/mol. The van der Waals surface area contributed by atoms with Crippen molar-refractivity contribution < 1.29 is 4.74 Å². The second kappa shape index (κ2) is 5.82. The van der Waals surface area contributed by atoms with Crippen LogP contribution in [-0.2, 0) is 4.74 Å². The average molecular weight is 294 g/mol. The fourth-order valence-electron chi connectivity index (χ4n) is 4.91. The molecular formula is C18H34N2O. The first-order chi connectivity index (χ1) is 9.93. The van der Waals surface area contributed by atoms with Gasteiger partial charge in [-0.3, -0.25) is 4.90 Å². The molecule has 0 radical (unpaired) electrons. The van der Waals surface area contributed by atoms with Crippen molar-refractivity contribution in [1.29, 1.82) is 0 Å². The molecule has 2 saturated heterocycles. The molecule has 3 heteroatoms. The predicted octanol–water partition coefficient (Wildman–Crippen LogP) is 3.17. The summed E-state index contributed by atoms with van der Waals surface area (Å²) in [7, 11) is 0. The summed E-state index contributed by atoms with van der Waals surface area (Å²) in [6, 6.07) is 0. The Kier molecular flexibility index (Phi) is 4.37. The lowest BCUT2D eigenvalue weighted by Crippen LogP contribution is -2.59. The lowest BCUT2D eigenvalue weighted by atomic mass is 9.76. The number of nitrogens with zero attached hydrogens (tertiary/aromatic N) is 1. The summed E-state index contributed by atoms with van der Waals surface area (Å²) in [4.78, 5) is 2.73. The van der Waals surface area contributed by atoms with Crippen molar-refractivity contribution in [1.82, 2.24) is 4.90 Å². The first-order valence-electron chi connectivity index (χ1n) is 9.03. The van der Waals surface area contributed by atoms with Gasteiger partial charge >= 0.3 is 0 Å². The Labute approximate surface area is 130 Å². The van der Waals surface area contributed by atoms with Crippen LogP contribution < -0.4 is 5.73 Å². The molecule has 0 aromatic heterocycles. The van der Waals surface area contributed by atoms with Crippen LogP contribution in [0.2, 0.25) is 0 Å². The molecule has 2 bridgehead atoms. The van der Waals surface area contributed by atoms with Gasteiger partial charge in [-0.15, -0.1) is 0 Å². The van der Waals surface area contributed by atoms with Crippen LogP contribution in [0.15, 0.2) is 0 Å². The summed E-state index contributed by atoms with van der Waals surface area (Å²) < 4.78 is 6.03. The number of morpholine rings is 1. The van der Waals surface area contributed by atoms with E-state index in [1.165, 1.54) is 44.9 Å². The number of ether oxygens (including phenoxy) is 1. The van der Waals surface area contributed by atoms with Gasteiger partial charge in [-0.1, -0.05) is 27.2 Å². The smallest absolute Gasteiger partial charge is 0.0707 e. The number of nitrogens with two attached hydrogens (primary N) is 1. The Morgan fingerprint density at radius 2 is 1.71 bits per heavy atom. The summed E-state index contributed by atoms with van der Waals surface area (Å²) in [6.07, 6.45) is 10.1. The first-order valence-corrected chi connectivity index (χ1v) is 9.03. The van der Waals surface area contributed by atoms with Crippen LogP contribution in [0.3, 0.4) is 0 Å². The van der Waals surface area contributed by atoms with E-state index >= 15 is 0 Å². The Balaban J connectivity index is 1.71. The Morgan fingerprint density at radius 1 is 1.05 bits per heavy atom. The van der Waals surface area contributed by atoms with E-state index in [-0.39, 0.29) is 5.54 Å². The van der Waals surface area contributed by atoms with E-state index in [2.05, 4.69) is 25.7 Å². The third-order valence-corrected chi connectivity index (χ3v) is 6.47. The molecule has 0 amide bonds. The van der Waals surface area contributed by atoms with Gasteiger partial charge in [-0.2, -0.15) is 0 Å². The minimum absolute atomic E-state index is 0.255. The highest BCUT2D eigenvalue weighted by Gasteiger charge is 2.44. The van der Waals surface area contributed by atoms with Crippen molar-refractivity contribution >= 4 is 0 Å². The van der Waals surface area contributed by atoms with Gasteiger partial charge < -0.3 is 10.5 Å². The van der Waals surface area contributed by atoms with Crippen LogP contribution in [0, 0.1) is 11.3 Å². The van der Waals surface area contributed by atoms with E-state index in [1.807, 2.05) is 0 Å². The van der Waals surface area contributed by atoms with Gasteiger partial charge in [0, 0.05) is 25.2 Å². The van der Waals surface area contributed by atoms with E-state index in [9.17, 15) is 0 Å². The maximum absolute atomic E-state index is 6.32. The summed E-state index contributed by atoms with van der Waals surface area (Å²) in [5.74, 6) is 0.851. The molecule has 3 nitrogen and oxygen atoms in total. The number of rotatable bonds is 2. The SMILES string of the molecule is CC(C)(C)C1CCCC(CN)(N2CC3CCC(C2)O3)CC1. The molecule has 4 unspecified atom stereocenters. The van der Waals surface area contributed by atoms with Crippen molar-refractivity contribution in [3.8, 4) is 0 Å². The average Bonchev–Trinajstić information content (AvgIpc) is 2.66. The maximum atomic E-state index is 6.32. The fourth-order valence-corrected chi connectivity index (χ4v) is 4.91. The molecule has 0 aromatic carbocycles. The molecule has 21 heavy (non-hydrogen) atoms. The second-order valence-electron chi connectivity index (χ2n) is 8.78. The lowest BCUT2D eigenvalue weighted by Gasteiger charge is -2.47. The Bertz CT molecular complexity index is 353. The van der Waals surface area contributed by atoms with Gasteiger partial charge in [0.1, 0.15) is 0 Å². The van der Waals surface area contributed by atoms with Crippen molar-refractivity contribution in [3.05, 3.63) is 0 Å². The van der Waals surface area contributed by atoms with Gasteiger partial charge in [0.25, 0.3) is 0 Å². The largest absolute Gasteiger partial charge is 0.372 e. The van der Waals surface area contributed by atoms with Crippen LogP contribution >= 0.6 is 0 Å². The molecular weight excluding hydrogens is 260 g/mol. The maximum Gasteiger partial charge on any atom is 0.0707 e. The van der Waals surface area contributed by atoms with E-state index in [1.54, 1.807) is 0 Å². The molecule has 2 aliphatic heterocycles. The minimum Gasteiger partial charge on any atom is -0.372 e. The van der Waals surface area contributed by atoms with Crippen LogP contribution in [0.25, 0.3) is 0 Å². The molecule has 0 spiro atoms. The molecule has 2 heterocycles. The zero-order valence-corrected chi connectivity index (χ0v) is 14.2.